The first-order valence-corrected chi connectivity index (χ1v) is 7.54. The van der Waals surface area contributed by atoms with E-state index in [4.69, 9.17) is 16.3 Å². The van der Waals surface area contributed by atoms with Crippen LogP contribution in [0.15, 0.2) is 18.5 Å². The molecule has 0 radical (unpaired) electrons. The average Bonchev–Trinajstić information content (AvgIpc) is 3.11. The highest BCUT2D eigenvalue weighted by atomic mass is 35.5. The van der Waals surface area contributed by atoms with Crippen LogP contribution in [0.4, 0.5) is 18.9 Å². The smallest absolute Gasteiger partial charge is 0.362 e. The molecule has 0 aliphatic heterocycles. The third-order valence-corrected chi connectivity index (χ3v) is 3.67. The molecule has 0 aliphatic rings. The Bertz CT molecular complexity index is 981. The van der Waals surface area contributed by atoms with E-state index >= 15 is 0 Å². The summed E-state index contributed by atoms with van der Waals surface area (Å²) in [6.07, 6.45) is -1.85. The number of ether oxygens (including phenoxy) is 1. The second kappa shape index (κ2) is 6.57. The van der Waals surface area contributed by atoms with E-state index < -0.39 is 17.8 Å². The van der Waals surface area contributed by atoms with Crippen molar-refractivity contribution < 1.29 is 22.7 Å². The molecule has 12 heteroatoms. The maximum atomic E-state index is 13.2. The molecule has 0 fully saturated rings. The number of hydrogen-bond donors (Lipinski definition) is 1. The number of fused-ring (bicyclic) bond motifs is 1. The van der Waals surface area contributed by atoms with Crippen molar-refractivity contribution in [2.45, 2.75) is 19.8 Å². The normalized spacial score (nSPS) is 11.9. The van der Waals surface area contributed by atoms with Crippen LogP contribution in [0.3, 0.4) is 0 Å². The molecule has 3 rings (SSSR count). The van der Waals surface area contributed by atoms with Gasteiger partial charge in [0.25, 0.3) is 5.91 Å². The van der Waals surface area contributed by atoms with Gasteiger partial charge in [-0.3, -0.25) is 4.79 Å². The van der Waals surface area contributed by atoms with E-state index in [-0.39, 0.29) is 28.8 Å². The molecule has 3 heterocycles. The highest BCUT2D eigenvalue weighted by molar-refractivity contribution is 6.37. The second-order valence-electron chi connectivity index (χ2n) is 5.32. The third-order valence-electron chi connectivity index (χ3n) is 3.32. The minimum absolute atomic E-state index is 0.0967. The maximum absolute atomic E-state index is 13.2. The fraction of sp³-hybridized carbons (Fsp3) is 0.286. The molecule has 26 heavy (non-hydrogen) atoms. The zero-order valence-corrected chi connectivity index (χ0v) is 14.3. The molecule has 0 bridgehead atoms. The summed E-state index contributed by atoms with van der Waals surface area (Å²) in [6, 6.07) is 0.826. The molecule has 8 nitrogen and oxygen atoms in total. The molecule has 0 aromatic carbocycles. The number of amides is 1. The van der Waals surface area contributed by atoms with Crippen molar-refractivity contribution >= 4 is 28.8 Å². The number of aryl methyl sites for hydroxylation is 1. The molecule has 0 unspecified atom stereocenters. The number of methoxy groups -OCH3 is 1. The van der Waals surface area contributed by atoms with Crippen molar-refractivity contribution in [3.05, 3.63) is 40.6 Å². The van der Waals surface area contributed by atoms with E-state index in [0.717, 1.165) is 6.07 Å². The summed E-state index contributed by atoms with van der Waals surface area (Å²) in [5, 5.41) is 9.82. The number of hydrogen-bond acceptors (Lipinski definition) is 5. The lowest BCUT2D eigenvalue weighted by molar-refractivity contribution is -0.142. The Balaban J connectivity index is 1.99. The Labute approximate surface area is 149 Å². The van der Waals surface area contributed by atoms with Gasteiger partial charge < -0.3 is 10.1 Å². The van der Waals surface area contributed by atoms with Crippen molar-refractivity contribution in [2.24, 2.45) is 0 Å². The monoisotopic (exact) mass is 388 g/mol. The lowest BCUT2D eigenvalue weighted by atomic mass is 10.3. The van der Waals surface area contributed by atoms with Crippen LogP contribution in [-0.2, 0) is 17.6 Å². The van der Waals surface area contributed by atoms with E-state index in [0.29, 0.717) is 10.2 Å². The molecule has 1 amide bonds. The summed E-state index contributed by atoms with van der Waals surface area (Å²) in [5.74, 6) is -0.789. The molecule has 0 atom stereocenters. The summed E-state index contributed by atoms with van der Waals surface area (Å²) < 4.78 is 46.4. The number of halogens is 4. The van der Waals surface area contributed by atoms with Gasteiger partial charge >= 0.3 is 6.18 Å². The van der Waals surface area contributed by atoms with E-state index in [1.165, 1.54) is 31.1 Å². The summed E-state index contributed by atoms with van der Waals surface area (Å²) >= 11 is 6.05. The Hall–Kier alpha value is -2.66. The molecule has 3 aromatic rings. The molecule has 0 spiro atoms. The SMILES string of the molecule is COCn1cc(NC(=O)c2nn3c(C(F)(F)F)cc(C)nc3c2Cl)cn1. The first kappa shape index (κ1) is 18.1. The van der Waals surface area contributed by atoms with Crippen LogP contribution in [0.25, 0.3) is 5.65 Å². The third kappa shape index (κ3) is 3.35. The Morgan fingerprint density at radius 2 is 2.15 bits per heavy atom. The van der Waals surface area contributed by atoms with Gasteiger partial charge in [0.2, 0.25) is 0 Å². The summed E-state index contributed by atoms with van der Waals surface area (Å²) in [6.45, 7) is 1.56. The van der Waals surface area contributed by atoms with Crippen molar-refractivity contribution in [3.8, 4) is 0 Å². The molecule has 1 N–H and O–H groups in total. The van der Waals surface area contributed by atoms with Gasteiger partial charge in [-0.1, -0.05) is 11.6 Å². The first-order valence-electron chi connectivity index (χ1n) is 7.16. The van der Waals surface area contributed by atoms with Gasteiger partial charge in [0.1, 0.15) is 17.4 Å². The fourth-order valence-corrected chi connectivity index (χ4v) is 2.53. The Kier molecular flexibility index (Phi) is 4.59. The highest BCUT2D eigenvalue weighted by Crippen LogP contribution is 2.32. The number of rotatable bonds is 4. The predicted octanol–water partition coefficient (Wildman–Crippen LogP) is 2.76. The fourth-order valence-electron chi connectivity index (χ4n) is 2.28. The molecular formula is C14H12ClF3N6O2. The van der Waals surface area contributed by atoms with Crippen molar-refractivity contribution in [2.75, 3.05) is 12.4 Å². The van der Waals surface area contributed by atoms with Crippen LogP contribution >= 0.6 is 11.6 Å². The van der Waals surface area contributed by atoms with Gasteiger partial charge in [-0.05, 0) is 13.0 Å². The minimum Gasteiger partial charge on any atom is -0.362 e. The van der Waals surface area contributed by atoms with Crippen molar-refractivity contribution in [1.29, 1.82) is 0 Å². The topological polar surface area (TPSA) is 86.3 Å². The van der Waals surface area contributed by atoms with E-state index in [1.807, 2.05) is 0 Å². The molecule has 0 saturated heterocycles. The molecular weight excluding hydrogens is 377 g/mol. The average molecular weight is 389 g/mol. The number of aromatic nitrogens is 5. The lowest BCUT2D eigenvalue weighted by Gasteiger charge is -2.09. The zero-order valence-electron chi connectivity index (χ0n) is 13.5. The van der Waals surface area contributed by atoms with E-state index in [1.54, 1.807) is 0 Å². The van der Waals surface area contributed by atoms with Crippen molar-refractivity contribution in [1.82, 2.24) is 24.4 Å². The van der Waals surface area contributed by atoms with Gasteiger partial charge in [-0.2, -0.15) is 23.4 Å². The Morgan fingerprint density at radius 3 is 2.81 bits per heavy atom. The summed E-state index contributed by atoms with van der Waals surface area (Å²) in [4.78, 5) is 16.3. The van der Waals surface area contributed by atoms with Gasteiger partial charge in [-0.15, -0.1) is 0 Å². The van der Waals surface area contributed by atoms with E-state index in [9.17, 15) is 18.0 Å². The predicted molar refractivity (Wildman–Crippen MR) is 84.9 cm³/mol. The number of alkyl halides is 3. The van der Waals surface area contributed by atoms with Crippen LogP contribution in [-0.4, -0.2) is 37.4 Å². The van der Waals surface area contributed by atoms with E-state index in [2.05, 4.69) is 20.5 Å². The Morgan fingerprint density at radius 1 is 1.42 bits per heavy atom. The quantitative estimate of drug-likeness (QED) is 0.742. The number of carbonyl (C=O) groups is 1. The number of anilines is 1. The molecule has 0 saturated carbocycles. The standard InChI is InChI=1S/C14H12ClF3N6O2/c1-7-3-9(14(16,17)18)24-12(20-7)10(15)11(22-24)13(25)21-8-4-19-23(5-8)6-26-2/h3-5H,6H2,1-2H3,(H,21,25). The van der Waals surface area contributed by atoms with Gasteiger partial charge in [0, 0.05) is 12.8 Å². The van der Waals surface area contributed by atoms with Crippen molar-refractivity contribution in [3.63, 3.8) is 0 Å². The number of nitrogens with one attached hydrogen (secondary N) is 1. The van der Waals surface area contributed by atoms with Gasteiger partial charge in [0.15, 0.2) is 11.3 Å². The van der Waals surface area contributed by atoms with Gasteiger partial charge in [0.05, 0.1) is 18.1 Å². The summed E-state index contributed by atoms with van der Waals surface area (Å²) in [7, 11) is 1.48. The number of carbonyl (C=O) groups excluding carboxylic acids is 1. The zero-order chi connectivity index (χ0) is 19.1. The largest absolute Gasteiger partial charge is 0.433 e. The minimum atomic E-state index is -4.68. The summed E-state index contributed by atoms with van der Waals surface area (Å²) in [5.41, 5.74) is -1.30. The highest BCUT2D eigenvalue weighted by Gasteiger charge is 2.36. The molecule has 0 aliphatic carbocycles. The second-order valence-corrected chi connectivity index (χ2v) is 5.70. The molecule has 138 valence electrons. The molecule has 3 aromatic heterocycles. The lowest BCUT2D eigenvalue weighted by Crippen LogP contribution is -2.15. The number of nitrogens with zero attached hydrogens (tertiary/aromatic N) is 5. The van der Waals surface area contributed by atoms with Crippen LogP contribution in [0.5, 0.6) is 0 Å². The maximum Gasteiger partial charge on any atom is 0.433 e. The van der Waals surface area contributed by atoms with Crippen LogP contribution < -0.4 is 5.32 Å². The van der Waals surface area contributed by atoms with Crippen LogP contribution in [0.2, 0.25) is 5.02 Å². The van der Waals surface area contributed by atoms with Crippen LogP contribution in [0.1, 0.15) is 21.9 Å². The van der Waals surface area contributed by atoms with Gasteiger partial charge in [-0.25, -0.2) is 14.2 Å². The van der Waals surface area contributed by atoms with Crippen LogP contribution in [0, 0.1) is 6.92 Å². The first-order chi connectivity index (χ1) is 12.2.